The molecule has 1 heterocycles. The normalized spacial score (nSPS) is 15.6. The molecular weight excluding hydrogens is 395 g/mol. The van der Waals surface area contributed by atoms with Crippen molar-refractivity contribution in [2.24, 2.45) is 11.1 Å². The van der Waals surface area contributed by atoms with Gasteiger partial charge in [0.1, 0.15) is 22.9 Å². The molecule has 0 saturated heterocycles. The summed E-state index contributed by atoms with van der Waals surface area (Å²) in [6.45, 7) is 4.31. The third kappa shape index (κ3) is 4.18. The molecule has 7 heteroatoms. The number of nitrogen functional groups attached to an aromatic ring is 1. The van der Waals surface area contributed by atoms with E-state index in [2.05, 4.69) is 12.0 Å². The lowest BCUT2D eigenvalue weighted by Gasteiger charge is -2.26. The average molecular weight is 423 g/mol. The molecule has 0 aliphatic heterocycles. The second-order valence-electron chi connectivity index (χ2n) is 8.56. The first-order chi connectivity index (χ1) is 14.8. The van der Waals surface area contributed by atoms with Gasteiger partial charge in [0.15, 0.2) is 0 Å². The van der Waals surface area contributed by atoms with Gasteiger partial charge < -0.3 is 16.2 Å². The summed E-state index contributed by atoms with van der Waals surface area (Å²) in [5.74, 6) is -0.749. The molecule has 162 valence electrons. The molecule has 31 heavy (non-hydrogen) atoms. The number of anilines is 1. The van der Waals surface area contributed by atoms with Gasteiger partial charge in [0, 0.05) is 0 Å². The highest BCUT2D eigenvalue weighted by Crippen LogP contribution is 2.56. The Balaban J connectivity index is 1.68. The number of ether oxygens (including phenoxy) is 1. The monoisotopic (exact) mass is 422 g/mol. The predicted molar refractivity (Wildman–Crippen MR) is 117 cm³/mol. The largest absolute Gasteiger partial charge is 0.383 e. The molecule has 2 aromatic carbocycles. The van der Waals surface area contributed by atoms with Gasteiger partial charge in [-0.1, -0.05) is 49.4 Å². The standard InChI is InChI=1S/C24H27FN4O2/c1-15-8-9-17(12-18(15)25)21(24(2)10-11-24)29-22(26)20(23(27)30)19(28-29)14-31-13-16-6-4-3-5-7-16/h3-9,12,21H,10-11,13-14,26H2,1-2H3,(H2,27,30). The maximum atomic E-state index is 14.3. The number of carbonyl (C=O) groups is 1. The van der Waals surface area contributed by atoms with Crippen LogP contribution in [0, 0.1) is 18.2 Å². The van der Waals surface area contributed by atoms with Crippen LogP contribution in [0.2, 0.25) is 0 Å². The molecule has 1 atom stereocenters. The van der Waals surface area contributed by atoms with E-state index in [1.807, 2.05) is 36.4 Å². The van der Waals surface area contributed by atoms with Crippen LogP contribution in [-0.2, 0) is 18.0 Å². The minimum Gasteiger partial charge on any atom is -0.383 e. The highest BCUT2D eigenvalue weighted by molar-refractivity contribution is 5.98. The van der Waals surface area contributed by atoms with Crippen LogP contribution < -0.4 is 11.5 Å². The van der Waals surface area contributed by atoms with E-state index < -0.39 is 5.91 Å². The van der Waals surface area contributed by atoms with Crippen LogP contribution in [0.5, 0.6) is 0 Å². The Morgan fingerprint density at radius 1 is 1.23 bits per heavy atom. The Hall–Kier alpha value is -3.19. The van der Waals surface area contributed by atoms with Crippen molar-refractivity contribution in [2.45, 2.75) is 45.9 Å². The molecule has 0 radical (unpaired) electrons. The maximum absolute atomic E-state index is 14.3. The summed E-state index contributed by atoms with van der Waals surface area (Å²) < 4.78 is 21.8. The number of hydrogen-bond acceptors (Lipinski definition) is 4. The molecule has 1 aliphatic rings. The maximum Gasteiger partial charge on any atom is 0.254 e. The van der Waals surface area contributed by atoms with E-state index in [4.69, 9.17) is 16.2 Å². The van der Waals surface area contributed by atoms with Gasteiger partial charge >= 0.3 is 0 Å². The van der Waals surface area contributed by atoms with Gasteiger partial charge in [-0.15, -0.1) is 0 Å². The van der Waals surface area contributed by atoms with E-state index in [-0.39, 0.29) is 35.3 Å². The summed E-state index contributed by atoms with van der Waals surface area (Å²) in [7, 11) is 0. The van der Waals surface area contributed by atoms with Crippen LogP contribution in [0.25, 0.3) is 0 Å². The van der Waals surface area contributed by atoms with Gasteiger partial charge in [0.25, 0.3) is 5.91 Å². The van der Waals surface area contributed by atoms with Crippen molar-refractivity contribution in [2.75, 3.05) is 5.73 Å². The molecule has 1 saturated carbocycles. The fourth-order valence-electron chi connectivity index (χ4n) is 3.99. The number of carbonyl (C=O) groups excluding carboxylic acids is 1. The molecule has 0 bridgehead atoms. The van der Waals surface area contributed by atoms with Crippen molar-refractivity contribution in [1.29, 1.82) is 0 Å². The second kappa shape index (κ2) is 8.15. The Morgan fingerprint density at radius 2 is 1.94 bits per heavy atom. The average Bonchev–Trinajstić information content (AvgIpc) is 3.39. The summed E-state index contributed by atoms with van der Waals surface area (Å²) >= 11 is 0. The summed E-state index contributed by atoms with van der Waals surface area (Å²) in [6, 6.07) is 14.6. The lowest BCUT2D eigenvalue weighted by molar-refractivity contribution is 0.0958. The van der Waals surface area contributed by atoms with Crippen molar-refractivity contribution in [3.05, 3.63) is 82.3 Å². The van der Waals surface area contributed by atoms with Crippen LogP contribution in [0.15, 0.2) is 48.5 Å². The predicted octanol–water partition coefficient (Wildman–Crippen LogP) is 4.12. The van der Waals surface area contributed by atoms with E-state index in [0.29, 0.717) is 17.9 Å². The van der Waals surface area contributed by atoms with Crippen molar-refractivity contribution in [3.8, 4) is 0 Å². The third-order valence-corrected chi connectivity index (χ3v) is 6.07. The lowest BCUT2D eigenvalue weighted by Crippen LogP contribution is -2.23. The molecule has 1 aromatic heterocycles. The zero-order chi connectivity index (χ0) is 22.2. The molecule has 4 N–H and O–H groups in total. The number of hydrogen-bond donors (Lipinski definition) is 2. The van der Waals surface area contributed by atoms with Crippen LogP contribution in [0.3, 0.4) is 0 Å². The number of halogens is 1. The first-order valence-electron chi connectivity index (χ1n) is 10.3. The van der Waals surface area contributed by atoms with Crippen LogP contribution in [-0.4, -0.2) is 15.7 Å². The van der Waals surface area contributed by atoms with Crippen molar-refractivity contribution in [3.63, 3.8) is 0 Å². The first-order valence-corrected chi connectivity index (χ1v) is 10.3. The van der Waals surface area contributed by atoms with Crippen LogP contribution in [0.4, 0.5) is 10.2 Å². The second-order valence-corrected chi connectivity index (χ2v) is 8.56. The van der Waals surface area contributed by atoms with Crippen LogP contribution in [0.1, 0.15) is 58.5 Å². The van der Waals surface area contributed by atoms with E-state index in [1.165, 1.54) is 6.07 Å². The fourth-order valence-corrected chi connectivity index (χ4v) is 3.99. The van der Waals surface area contributed by atoms with Gasteiger partial charge in [-0.3, -0.25) is 4.79 Å². The fraction of sp³-hybridized carbons (Fsp3) is 0.333. The molecular formula is C24H27FN4O2. The molecule has 6 nitrogen and oxygen atoms in total. The minimum absolute atomic E-state index is 0.0933. The van der Waals surface area contributed by atoms with Crippen molar-refractivity contribution >= 4 is 11.7 Å². The Morgan fingerprint density at radius 3 is 2.55 bits per heavy atom. The smallest absolute Gasteiger partial charge is 0.254 e. The topological polar surface area (TPSA) is 96.2 Å². The van der Waals surface area contributed by atoms with Gasteiger partial charge in [-0.05, 0) is 47.9 Å². The van der Waals surface area contributed by atoms with E-state index in [0.717, 1.165) is 24.0 Å². The first kappa shape index (κ1) is 21.1. The summed E-state index contributed by atoms with van der Waals surface area (Å²) in [5, 5.41) is 4.64. The molecule has 1 fully saturated rings. The third-order valence-electron chi connectivity index (χ3n) is 6.07. The quantitative estimate of drug-likeness (QED) is 0.571. The van der Waals surface area contributed by atoms with Gasteiger partial charge in [-0.2, -0.15) is 5.10 Å². The van der Waals surface area contributed by atoms with Crippen molar-refractivity contribution in [1.82, 2.24) is 9.78 Å². The zero-order valence-corrected chi connectivity index (χ0v) is 17.8. The Labute approximate surface area is 181 Å². The molecule has 3 aromatic rings. The summed E-state index contributed by atoms with van der Waals surface area (Å²) in [4.78, 5) is 12.2. The highest BCUT2D eigenvalue weighted by atomic mass is 19.1. The molecule has 1 unspecified atom stereocenters. The number of rotatable bonds is 8. The lowest BCUT2D eigenvalue weighted by atomic mass is 9.91. The number of nitrogens with two attached hydrogens (primary N) is 2. The molecule has 4 rings (SSSR count). The van der Waals surface area contributed by atoms with Gasteiger partial charge in [0.2, 0.25) is 0 Å². The Kier molecular flexibility index (Phi) is 5.54. The molecule has 1 aliphatic carbocycles. The summed E-state index contributed by atoms with van der Waals surface area (Å²) in [6.07, 6.45) is 1.91. The zero-order valence-electron chi connectivity index (χ0n) is 17.8. The van der Waals surface area contributed by atoms with E-state index in [1.54, 1.807) is 17.7 Å². The van der Waals surface area contributed by atoms with Gasteiger partial charge in [0.05, 0.1) is 19.3 Å². The van der Waals surface area contributed by atoms with Crippen LogP contribution >= 0.6 is 0 Å². The minimum atomic E-state index is -0.656. The number of aromatic nitrogens is 2. The van der Waals surface area contributed by atoms with Crippen molar-refractivity contribution < 1.29 is 13.9 Å². The Bertz CT molecular complexity index is 1110. The van der Waals surface area contributed by atoms with E-state index >= 15 is 0 Å². The number of benzene rings is 2. The van der Waals surface area contributed by atoms with E-state index in [9.17, 15) is 9.18 Å². The number of amides is 1. The highest BCUT2D eigenvalue weighted by Gasteiger charge is 2.48. The SMILES string of the molecule is Cc1ccc(C(n2nc(COCc3ccccc3)c(C(N)=O)c2N)C2(C)CC2)cc1F. The number of aryl methyl sites for hydroxylation is 1. The molecule has 0 spiro atoms. The molecule has 1 amide bonds. The number of primary amides is 1. The van der Waals surface area contributed by atoms with Gasteiger partial charge in [-0.25, -0.2) is 9.07 Å². The summed E-state index contributed by atoms with van der Waals surface area (Å²) in [5.41, 5.74) is 14.8. The number of nitrogens with zero attached hydrogens (tertiary/aromatic N) is 2.